The molecule has 102 valence electrons. The molecule has 1 unspecified atom stereocenters. The summed E-state index contributed by atoms with van der Waals surface area (Å²) in [5, 5.41) is 3.53. The molecule has 1 atom stereocenters. The predicted molar refractivity (Wildman–Crippen MR) is 77.5 cm³/mol. The minimum absolute atomic E-state index is 0.212. The lowest BCUT2D eigenvalue weighted by Gasteiger charge is -2.27. The zero-order valence-corrected chi connectivity index (χ0v) is 12.4. The molecule has 1 heterocycles. The fourth-order valence-electron chi connectivity index (χ4n) is 1.81. The third kappa shape index (κ3) is 6.12. The molecule has 0 aliphatic rings. The number of aromatic nitrogens is 1. The van der Waals surface area contributed by atoms with E-state index in [9.17, 15) is 0 Å². The Morgan fingerprint density at radius 1 is 1.28 bits per heavy atom. The van der Waals surface area contributed by atoms with Crippen molar-refractivity contribution in [2.24, 2.45) is 0 Å². The highest BCUT2D eigenvalue weighted by Crippen LogP contribution is 2.08. The van der Waals surface area contributed by atoms with Crippen molar-refractivity contribution in [1.29, 1.82) is 0 Å². The van der Waals surface area contributed by atoms with Gasteiger partial charge in [0.25, 0.3) is 0 Å². The second-order valence-electron chi connectivity index (χ2n) is 6.09. The second kappa shape index (κ2) is 6.86. The Bertz CT molecular complexity index is 329. The summed E-state index contributed by atoms with van der Waals surface area (Å²) in [6.07, 6.45) is 4.88. The standard InChI is InChI=1S/C15H27N3/c1-13(6-11-17-15(2,3)4)18(5)12-14-7-9-16-10-8-14/h7-10,13,17H,6,11-12H2,1-5H3. The topological polar surface area (TPSA) is 28.2 Å². The third-order valence-corrected chi connectivity index (χ3v) is 3.15. The molecule has 0 amide bonds. The maximum Gasteiger partial charge on any atom is 0.0271 e. The number of nitrogens with one attached hydrogen (secondary N) is 1. The smallest absolute Gasteiger partial charge is 0.0271 e. The minimum atomic E-state index is 0.212. The number of hydrogen-bond donors (Lipinski definition) is 1. The van der Waals surface area contributed by atoms with Crippen molar-refractivity contribution >= 4 is 0 Å². The fourth-order valence-corrected chi connectivity index (χ4v) is 1.81. The van der Waals surface area contributed by atoms with E-state index in [4.69, 9.17) is 0 Å². The summed E-state index contributed by atoms with van der Waals surface area (Å²) >= 11 is 0. The molecule has 18 heavy (non-hydrogen) atoms. The Kier molecular flexibility index (Phi) is 5.76. The fraction of sp³-hybridized carbons (Fsp3) is 0.667. The van der Waals surface area contributed by atoms with Crippen LogP contribution in [-0.4, -0.2) is 35.1 Å². The van der Waals surface area contributed by atoms with Crippen molar-refractivity contribution in [3.05, 3.63) is 30.1 Å². The molecule has 3 nitrogen and oxygen atoms in total. The summed E-state index contributed by atoms with van der Waals surface area (Å²) < 4.78 is 0. The van der Waals surface area contributed by atoms with E-state index in [-0.39, 0.29) is 5.54 Å². The molecule has 0 saturated heterocycles. The van der Waals surface area contributed by atoms with Gasteiger partial charge >= 0.3 is 0 Å². The molecule has 0 aliphatic carbocycles. The normalized spacial score (nSPS) is 13.9. The number of nitrogens with zero attached hydrogens (tertiary/aromatic N) is 2. The zero-order chi connectivity index (χ0) is 13.6. The van der Waals surface area contributed by atoms with E-state index in [1.54, 1.807) is 0 Å². The minimum Gasteiger partial charge on any atom is -0.312 e. The van der Waals surface area contributed by atoms with Crippen LogP contribution in [0.2, 0.25) is 0 Å². The Balaban J connectivity index is 2.31. The molecule has 3 heteroatoms. The first kappa shape index (κ1) is 15.1. The molecule has 1 rings (SSSR count). The average molecular weight is 249 g/mol. The quantitative estimate of drug-likeness (QED) is 0.840. The average Bonchev–Trinajstić information content (AvgIpc) is 2.28. The lowest BCUT2D eigenvalue weighted by molar-refractivity contribution is 0.231. The van der Waals surface area contributed by atoms with Crippen LogP contribution in [0.3, 0.4) is 0 Å². The van der Waals surface area contributed by atoms with Crippen molar-refractivity contribution in [3.63, 3.8) is 0 Å². The largest absolute Gasteiger partial charge is 0.312 e. The van der Waals surface area contributed by atoms with Crippen molar-refractivity contribution in [2.45, 2.75) is 52.2 Å². The summed E-state index contributed by atoms with van der Waals surface area (Å²) in [6, 6.07) is 4.74. The SMILES string of the molecule is CC(CCNC(C)(C)C)N(C)Cc1ccncc1. The van der Waals surface area contributed by atoms with E-state index < -0.39 is 0 Å². The number of rotatable bonds is 6. The van der Waals surface area contributed by atoms with Gasteiger partial charge in [-0.25, -0.2) is 0 Å². The van der Waals surface area contributed by atoms with Crippen LogP contribution >= 0.6 is 0 Å². The molecule has 0 spiro atoms. The molecule has 0 bridgehead atoms. The summed E-state index contributed by atoms with van der Waals surface area (Å²) in [5.74, 6) is 0. The van der Waals surface area contributed by atoms with Crippen LogP contribution in [0.25, 0.3) is 0 Å². The van der Waals surface area contributed by atoms with E-state index >= 15 is 0 Å². The van der Waals surface area contributed by atoms with Crippen molar-refractivity contribution in [3.8, 4) is 0 Å². The second-order valence-corrected chi connectivity index (χ2v) is 6.09. The third-order valence-electron chi connectivity index (χ3n) is 3.15. The van der Waals surface area contributed by atoms with Crippen molar-refractivity contribution in [1.82, 2.24) is 15.2 Å². The molecule has 0 aromatic carbocycles. The first-order chi connectivity index (χ1) is 8.38. The van der Waals surface area contributed by atoms with Gasteiger partial charge < -0.3 is 5.32 Å². The lowest BCUT2D eigenvalue weighted by atomic mass is 10.1. The Morgan fingerprint density at radius 3 is 2.44 bits per heavy atom. The first-order valence-corrected chi connectivity index (χ1v) is 6.72. The molecular formula is C15H27N3. The summed E-state index contributed by atoms with van der Waals surface area (Å²) in [7, 11) is 2.18. The van der Waals surface area contributed by atoms with Crippen LogP contribution in [0.4, 0.5) is 0 Å². The van der Waals surface area contributed by atoms with E-state index in [2.05, 4.69) is 62.1 Å². The molecule has 0 fully saturated rings. The van der Waals surface area contributed by atoms with Crippen LogP contribution in [0, 0.1) is 0 Å². The number of hydrogen-bond acceptors (Lipinski definition) is 3. The number of pyridine rings is 1. The highest BCUT2D eigenvalue weighted by atomic mass is 15.1. The first-order valence-electron chi connectivity index (χ1n) is 6.72. The van der Waals surface area contributed by atoms with E-state index in [1.807, 2.05) is 12.4 Å². The van der Waals surface area contributed by atoms with Crippen LogP contribution in [0.15, 0.2) is 24.5 Å². The molecule has 1 aromatic rings. The maximum atomic E-state index is 4.05. The van der Waals surface area contributed by atoms with Gasteiger partial charge in [-0.05, 0) is 65.4 Å². The highest BCUT2D eigenvalue weighted by molar-refractivity contribution is 5.09. The van der Waals surface area contributed by atoms with Gasteiger partial charge in [0.05, 0.1) is 0 Å². The van der Waals surface area contributed by atoms with Gasteiger partial charge in [-0.1, -0.05) is 0 Å². The van der Waals surface area contributed by atoms with Crippen molar-refractivity contribution in [2.75, 3.05) is 13.6 Å². The highest BCUT2D eigenvalue weighted by Gasteiger charge is 2.12. The van der Waals surface area contributed by atoms with Gasteiger partial charge in [0.1, 0.15) is 0 Å². The van der Waals surface area contributed by atoms with Gasteiger partial charge in [-0.2, -0.15) is 0 Å². The monoisotopic (exact) mass is 249 g/mol. The lowest BCUT2D eigenvalue weighted by Crippen LogP contribution is -2.39. The predicted octanol–water partition coefficient (Wildman–Crippen LogP) is 2.68. The van der Waals surface area contributed by atoms with Crippen LogP contribution in [0.5, 0.6) is 0 Å². The molecule has 1 aromatic heterocycles. The van der Waals surface area contributed by atoms with Gasteiger partial charge in [0, 0.05) is 30.5 Å². The van der Waals surface area contributed by atoms with E-state index in [0.717, 1.165) is 13.1 Å². The molecule has 0 aliphatic heterocycles. The van der Waals surface area contributed by atoms with Crippen LogP contribution in [-0.2, 0) is 6.54 Å². The van der Waals surface area contributed by atoms with Crippen LogP contribution in [0.1, 0.15) is 39.7 Å². The molecule has 0 radical (unpaired) electrons. The Morgan fingerprint density at radius 2 is 1.89 bits per heavy atom. The van der Waals surface area contributed by atoms with E-state index in [0.29, 0.717) is 6.04 Å². The van der Waals surface area contributed by atoms with Crippen molar-refractivity contribution < 1.29 is 0 Å². The zero-order valence-electron chi connectivity index (χ0n) is 12.4. The summed E-state index contributed by atoms with van der Waals surface area (Å²) in [4.78, 5) is 6.43. The van der Waals surface area contributed by atoms with Crippen LogP contribution < -0.4 is 5.32 Å². The molecule has 0 saturated carbocycles. The van der Waals surface area contributed by atoms with E-state index in [1.165, 1.54) is 12.0 Å². The van der Waals surface area contributed by atoms with Gasteiger partial charge in [-0.3, -0.25) is 9.88 Å². The molecular weight excluding hydrogens is 222 g/mol. The van der Waals surface area contributed by atoms with Gasteiger partial charge in [0.2, 0.25) is 0 Å². The summed E-state index contributed by atoms with van der Waals surface area (Å²) in [6.45, 7) is 10.9. The molecule has 1 N–H and O–H groups in total. The van der Waals surface area contributed by atoms with Gasteiger partial charge in [0.15, 0.2) is 0 Å². The summed E-state index contributed by atoms with van der Waals surface area (Å²) in [5.41, 5.74) is 1.53. The van der Waals surface area contributed by atoms with Gasteiger partial charge in [-0.15, -0.1) is 0 Å². The maximum absolute atomic E-state index is 4.05. The Labute approximate surface area is 112 Å². The Hall–Kier alpha value is -0.930.